The van der Waals surface area contributed by atoms with Crippen LogP contribution in [0.4, 0.5) is 0 Å². The molecule has 1 aliphatic heterocycles. The molecule has 8 heteroatoms. The maximum absolute atomic E-state index is 6.10. The van der Waals surface area contributed by atoms with Crippen molar-refractivity contribution >= 4 is 11.6 Å². The van der Waals surface area contributed by atoms with Gasteiger partial charge in [0.25, 0.3) is 0 Å². The quantitative estimate of drug-likeness (QED) is 0.844. The molecule has 1 saturated heterocycles. The Morgan fingerprint density at radius 1 is 1.21 bits per heavy atom. The van der Waals surface area contributed by atoms with Gasteiger partial charge in [-0.15, -0.1) is 0 Å². The lowest BCUT2D eigenvalue weighted by molar-refractivity contribution is 0.118. The minimum atomic E-state index is 0.280. The van der Waals surface area contributed by atoms with E-state index in [9.17, 15) is 0 Å². The summed E-state index contributed by atoms with van der Waals surface area (Å²) in [5.41, 5.74) is 6.60. The third kappa shape index (κ3) is 4.24. The number of piperazine rings is 1. The molecule has 130 valence electrons. The average Bonchev–Trinajstić information content (AvgIpc) is 3.04. The molecule has 2 aromatic rings. The van der Waals surface area contributed by atoms with Crippen molar-refractivity contribution in [2.24, 2.45) is 5.73 Å². The SMILES string of the molecule is COc1ccc(Cl)cc1CN1CCN(Cc2noc(CN)n2)CC1. The first-order valence-corrected chi connectivity index (χ1v) is 8.34. The molecule has 0 aliphatic carbocycles. The first-order chi connectivity index (χ1) is 11.7. The summed E-state index contributed by atoms with van der Waals surface area (Å²) in [6, 6.07) is 5.74. The number of aromatic nitrogens is 2. The molecule has 1 aromatic carbocycles. The molecule has 3 rings (SSSR count). The highest BCUT2D eigenvalue weighted by molar-refractivity contribution is 6.30. The van der Waals surface area contributed by atoms with E-state index in [1.807, 2.05) is 18.2 Å². The van der Waals surface area contributed by atoms with Crippen LogP contribution in [-0.4, -0.2) is 53.2 Å². The van der Waals surface area contributed by atoms with Crippen LogP contribution < -0.4 is 10.5 Å². The van der Waals surface area contributed by atoms with Gasteiger partial charge in [0.1, 0.15) is 5.75 Å². The van der Waals surface area contributed by atoms with Crippen molar-refractivity contribution in [1.82, 2.24) is 19.9 Å². The van der Waals surface area contributed by atoms with Crippen LogP contribution in [0.3, 0.4) is 0 Å². The zero-order valence-corrected chi connectivity index (χ0v) is 14.5. The van der Waals surface area contributed by atoms with Crippen molar-refractivity contribution in [2.75, 3.05) is 33.3 Å². The molecule has 0 bridgehead atoms. The van der Waals surface area contributed by atoms with Crippen molar-refractivity contribution in [1.29, 1.82) is 0 Å². The van der Waals surface area contributed by atoms with Gasteiger partial charge in [-0.1, -0.05) is 16.8 Å². The molecule has 1 aliphatic rings. The van der Waals surface area contributed by atoms with Gasteiger partial charge in [-0.2, -0.15) is 4.98 Å². The van der Waals surface area contributed by atoms with E-state index < -0.39 is 0 Å². The van der Waals surface area contributed by atoms with E-state index in [-0.39, 0.29) is 6.54 Å². The number of ether oxygens (including phenoxy) is 1. The van der Waals surface area contributed by atoms with Crippen LogP contribution in [0, 0.1) is 0 Å². The number of halogens is 1. The van der Waals surface area contributed by atoms with E-state index >= 15 is 0 Å². The molecular weight excluding hydrogens is 330 g/mol. The van der Waals surface area contributed by atoms with Crippen molar-refractivity contribution in [3.63, 3.8) is 0 Å². The lowest BCUT2D eigenvalue weighted by atomic mass is 10.1. The van der Waals surface area contributed by atoms with Crippen LogP contribution in [0.2, 0.25) is 5.02 Å². The maximum atomic E-state index is 6.10. The Kier molecular flexibility index (Phi) is 5.68. The Hall–Kier alpha value is -1.67. The number of benzene rings is 1. The number of nitrogens with two attached hydrogens (primary N) is 1. The Bertz CT molecular complexity index is 670. The molecule has 0 saturated carbocycles. The zero-order chi connectivity index (χ0) is 16.9. The third-order valence-electron chi connectivity index (χ3n) is 4.15. The molecule has 0 spiro atoms. The van der Waals surface area contributed by atoms with Gasteiger partial charge in [-0.3, -0.25) is 9.80 Å². The molecule has 2 N–H and O–H groups in total. The van der Waals surface area contributed by atoms with Crippen LogP contribution in [0.1, 0.15) is 17.3 Å². The maximum Gasteiger partial charge on any atom is 0.240 e. The van der Waals surface area contributed by atoms with Crippen LogP contribution in [0.25, 0.3) is 0 Å². The van der Waals surface area contributed by atoms with Crippen molar-refractivity contribution < 1.29 is 9.26 Å². The van der Waals surface area contributed by atoms with E-state index in [2.05, 4.69) is 19.9 Å². The summed E-state index contributed by atoms with van der Waals surface area (Å²) in [6.07, 6.45) is 0. The van der Waals surface area contributed by atoms with Crippen LogP contribution in [-0.2, 0) is 19.6 Å². The predicted molar refractivity (Wildman–Crippen MR) is 90.7 cm³/mol. The van der Waals surface area contributed by atoms with Crippen LogP contribution in [0.15, 0.2) is 22.7 Å². The van der Waals surface area contributed by atoms with Gasteiger partial charge in [0.15, 0.2) is 5.82 Å². The Morgan fingerprint density at radius 2 is 1.92 bits per heavy atom. The topological polar surface area (TPSA) is 80.7 Å². The van der Waals surface area contributed by atoms with Gasteiger partial charge in [-0.05, 0) is 18.2 Å². The number of hydrogen-bond acceptors (Lipinski definition) is 7. The smallest absolute Gasteiger partial charge is 0.240 e. The van der Waals surface area contributed by atoms with Gasteiger partial charge >= 0.3 is 0 Å². The van der Waals surface area contributed by atoms with Crippen molar-refractivity contribution in [3.8, 4) is 5.75 Å². The van der Waals surface area contributed by atoms with Gasteiger partial charge in [0.2, 0.25) is 5.89 Å². The molecular formula is C16H22ClN5O2. The van der Waals surface area contributed by atoms with Crippen LogP contribution in [0.5, 0.6) is 5.75 Å². The first-order valence-electron chi connectivity index (χ1n) is 7.96. The summed E-state index contributed by atoms with van der Waals surface area (Å²) in [6.45, 7) is 5.65. The third-order valence-corrected chi connectivity index (χ3v) is 4.39. The standard InChI is InChI=1S/C16H22ClN5O2/c1-23-14-3-2-13(17)8-12(14)10-21-4-6-22(7-5-21)11-15-19-16(9-18)24-20-15/h2-3,8H,4-7,9-11,18H2,1H3. The summed E-state index contributed by atoms with van der Waals surface area (Å²) < 4.78 is 10.5. The number of rotatable bonds is 6. The highest BCUT2D eigenvalue weighted by atomic mass is 35.5. The first kappa shape index (κ1) is 17.2. The zero-order valence-electron chi connectivity index (χ0n) is 13.7. The monoisotopic (exact) mass is 351 g/mol. The highest BCUT2D eigenvalue weighted by Gasteiger charge is 2.20. The van der Waals surface area contributed by atoms with Gasteiger partial charge in [0, 0.05) is 43.3 Å². The molecule has 2 heterocycles. The molecule has 1 aromatic heterocycles. The minimum absolute atomic E-state index is 0.280. The number of nitrogens with zero attached hydrogens (tertiary/aromatic N) is 4. The Labute approximate surface area is 146 Å². The summed E-state index contributed by atoms with van der Waals surface area (Å²) in [5, 5.41) is 4.68. The molecule has 1 fully saturated rings. The van der Waals surface area contributed by atoms with E-state index in [1.54, 1.807) is 7.11 Å². The second kappa shape index (κ2) is 7.94. The fourth-order valence-electron chi connectivity index (χ4n) is 2.85. The van der Waals surface area contributed by atoms with E-state index in [4.69, 9.17) is 26.6 Å². The summed E-state index contributed by atoms with van der Waals surface area (Å²) in [4.78, 5) is 8.96. The van der Waals surface area contributed by atoms with E-state index in [0.29, 0.717) is 18.3 Å². The molecule has 24 heavy (non-hydrogen) atoms. The summed E-state index contributed by atoms with van der Waals surface area (Å²) in [5.74, 6) is 2.06. The molecule has 7 nitrogen and oxygen atoms in total. The lowest BCUT2D eigenvalue weighted by Crippen LogP contribution is -2.45. The van der Waals surface area contributed by atoms with Gasteiger partial charge < -0.3 is 15.0 Å². The number of hydrogen-bond donors (Lipinski definition) is 1. The highest BCUT2D eigenvalue weighted by Crippen LogP contribution is 2.24. The summed E-state index contributed by atoms with van der Waals surface area (Å²) >= 11 is 6.10. The van der Waals surface area contributed by atoms with E-state index in [1.165, 1.54) is 0 Å². The van der Waals surface area contributed by atoms with Gasteiger partial charge in [0.05, 0.1) is 20.2 Å². The normalized spacial score (nSPS) is 16.5. The predicted octanol–water partition coefficient (Wildman–Crippen LogP) is 1.51. The fraction of sp³-hybridized carbons (Fsp3) is 0.500. The van der Waals surface area contributed by atoms with Crippen molar-refractivity contribution in [2.45, 2.75) is 19.6 Å². The van der Waals surface area contributed by atoms with Gasteiger partial charge in [-0.25, -0.2) is 0 Å². The average molecular weight is 352 g/mol. The van der Waals surface area contributed by atoms with Crippen molar-refractivity contribution in [3.05, 3.63) is 40.5 Å². The summed E-state index contributed by atoms with van der Waals surface area (Å²) in [7, 11) is 1.69. The number of methoxy groups -OCH3 is 1. The Balaban J connectivity index is 1.52. The lowest BCUT2D eigenvalue weighted by Gasteiger charge is -2.34. The molecule has 0 radical (unpaired) electrons. The Morgan fingerprint density at radius 3 is 2.54 bits per heavy atom. The fourth-order valence-corrected chi connectivity index (χ4v) is 3.05. The van der Waals surface area contributed by atoms with E-state index in [0.717, 1.165) is 49.1 Å². The van der Waals surface area contributed by atoms with Crippen LogP contribution >= 0.6 is 11.6 Å². The molecule has 0 atom stereocenters. The minimum Gasteiger partial charge on any atom is -0.496 e. The molecule has 0 amide bonds. The second-order valence-electron chi connectivity index (χ2n) is 5.82. The molecule has 0 unspecified atom stereocenters. The second-order valence-corrected chi connectivity index (χ2v) is 6.25. The largest absolute Gasteiger partial charge is 0.496 e.